The lowest BCUT2D eigenvalue weighted by molar-refractivity contribution is 0.221. The van der Waals surface area contributed by atoms with E-state index in [0.717, 1.165) is 19.6 Å². The fraction of sp³-hybridized carbons (Fsp3) is 0.571. The summed E-state index contributed by atoms with van der Waals surface area (Å²) in [5, 5.41) is 0. The minimum atomic E-state index is 0. The van der Waals surface area contributed by atoms with Gasteiger partial charge in [-0.05, 0) is 32.0 Å². The lowest BCUT2D eigenvalue weighted by atomic mass is 10.0. The summed E-state index contributed by atoms with van der Waals surface area (Å²) in [6.07, 6.45) is 2.56. The van der Waals surface area contributed by atoms with Crippen molar-refractivity contribution >= 4 is 18.1 Å². The number of para-hydroxylation sites is 1. The molecule has 1 saturated heterocycles. The first-order valence-electron chi connectivity index (χ1n) is 6.51. The van der Waals surface area contributed by atoms with Gasteiger partial charge >= 0.3 is 0 Å². The summed E-state index contributed by atoms with van der Waals surface area (Å²) in [6.45, 7) is 4.04. The molecule has 2 rings (SSSR count). The first-order chi connectivity index (χ1) is 8.31. The Hall–Kier alpha value is -0.770. The Kier molecular flexibility index (Phi) is 6.47. The average molecular weight is 270 g/mol. The number of nitrogens with two attached hydrogens (primary N) is 1. The number of halogens is 1. The van der Waals surface area contributed by atoms with Gasteiger partial charge in [-0.15, -0.1) is 12.4 Å². The lowest BCUT2D eigenvalue weighted by Crippen LogP contribution is -2.47. The fourth-order valence-electron chi connectivity index (χ4n) is 2.57. The van der Waals surface area contributed by atoms with Crippen LogP contribution in [0.25, 0.3) is 0 Å². The summed E-state index contributed by atoms with van der Waals surface area (Å²) in [6, 6.07) is 11.3. The molecule has 0 bridgehead atoms. The molecule has 1 fully saturated rings. The summed E-state index contributed by atoms with van der Waals surface area (Å²) in [7, 11) is 2.19. The van der Waals surface area contributed by atoms with Crippen molar-refractivity contribution in [2.45, 2.75) is 18.9 Å². The zero-order chi connectivity index (χ0) is 12.1. The summed E-state index contributed by atoms with van der Waals surface area (Å²) < 4.78 is 0. The monoisotopic (exact) mass is 269 g/mol. The molecule has 4 heteroatoms. The second-order valence-electron chi connectivity index (χ2n) is 4.85. The highest BCUT2D eigenvalue weighted by molar-refractivity contribution is 5.85. The van der Waals surface area contributed by atoms with E-state index in [1.54, 1.807) is 0 Å². The van der Waals surface area contributed by atoms with Crippen molar-refractivity contribution in [2.24, 2.45) is 5.73 Å². The minimum absolute atomic E-state index is 0. The molecule has 0 aliphatic carbocycles. The van der Waals surface area contributed by atoms with Crippen LogP contribution in [0.2, 0.25) is 0 Å². The van der Waals surface area contributed by atoms with Crippen molar-refractivity contribution in [3.63, 3.8) is 0 Å². The average Bonchev–Trinajstić information content (AvgIpc) is 2.40. The number of rotatable bonds is 4. The van der Waals surface area contributed by atoms with Gasteiger partial charge in [-0.2, -0.15) is 0 Å². The zero-order valence-corrected chi connectivity index (χ0v) is 11.9. The van der Waals surface area contributed by atoms with E-state index in [-0.39, 0.29) is 12.4 Å². The highest BCUT2D eigenvalue weighted by Gasteiger charge is 2.22. The van der Waals surface area contributed by atoms with Gasteiger partial charge in [0.2, 0.25) is 0 Å². The maximum Gasteiger partial charge on any atom is 0.0366 e. The van der Waals surface area contributed by atoms with E-state index in [1.165, 1.54) is 25.1 Å². The predicted molar refractivity (Wildman–Crippen MR) is 80.6 cm³/mol. The van der Waals surface area contributed by atoms with Gasteiger partial charge in [0.25, 0.3) is 0 Å². The van der Waals surface area contributed by atoms with Gasteiger partial charge < -0.3 is 15.5 Å². The third-order valence-electron chi connectivity index (χ3n) is 3.62. The molecule has 1 aliphatic rings. The Balaban J connectivity index is 0.00000162. The number of nitrogens with zero attached hydrogens (tertiary/aromatic N) is 2. The van der Waals surface area contributed by atoms with Gasteiger partial charge in [0.05, 0.1) is 0 Å². The topological polar surface area (TPSA) is 32.5 Å². The Labute approximate surface area is 116 Å². The number of hydrogen-bond donors (Lipinski definition) is 1. The number of anilines is 1. The van der Waals surface area contributed by atoms with E-state index in [9.17, 15) is 0 Å². The van der Waals surface area contributed by atoms with Crippen LogP contribution in [0, 0.1) is 0 Å². The number of benzene rings is 1. The molecule has 18 heavy (non-hydrogen) atoms. The van der Waals surface area contributed by atoms with E-state index >= 15 is 0 Å². The highest BCUT2D eigenvalue weighted by Crippen LogP contribution is 2.21. The molecular weight excluding hydrogens is 246 g/mol. The lowest BCUT2D eigenvalue weighted by Gasteiger charge is -2.38. The fourth-order valence-corrected chi connectivity index (χ4v) is 2.57. The van der Waals surface area contributed by atoms with E-state index < -0.39 is 0 Å². The third kappa shape index (κ3) is 3.87. The molecule has 0 saturated carbocycles. The molecule has 3 nitrogen and oxygen atoms in total. The smallest absolute Gasteiger partial charge is 0.0366 e. The van der Waals surface area contributed by atoms with Gasteiger partial charge in [0.15, 0.2) is 0 Å². The molecule has 2 N–H and O–H groups in total. The summed E-state index contributed by atoms with van der Waals surface area (Å²) in [5.74, 6) is 0. The van der Waals surface area contributed by atoms with E-state index in [4.69, 9.17) is 5.73 Å². The standard InChI is InChI=1S/C14H23N3.ClH/c1-16(11-9-15)14-8-5-10-17(12-14)13-6-3-2-4-7-13;/h2-4,6-7,14H,5,8-12,15H2,1H3;1H. The molecule has 1 aromatic rings. The van der Waals surface area contributed by atoms with Gasteiger partial charge in [0.1, 0.15) is 0 Å². The Morgan fingerprint density at radius 1 is 1.33 bits per heavy atom. The van der Waals surface area contributed by atoms with Crippen molar-refractivity contribution in [2.75, 3.05) is 38.1 Å². The van der Waals surface area contributed by atoms with Crippen molar-refractivity contribution in [1.29, 1.82) is 0 Å². The van der Waals surface area contributed by atoms with Crippen molar-refractivity contribution in [3.05, 3.63) is 30.3 Å². The maximum atomic E-state index is 5.63. The third-order valence-corrected chi connectivity index (χ3v) is 3.62. The molecule has 1 unspecified atom stereocenters. The summed E-state index contributed by atoms with van der Waals surface area (Å²) in [5.41, 5.74) is 6.97. The number of piperidine rings is 1. The number of hydrogen-bond acceptors (Lipinski definition) is 3. The quantitative estimate of drug-likeness (QED) is 0.907. The van der Waals surface area contributed by atoms with Crippen LogP contribution >= 0.6 is 12.4 Å². The Morgan fingerprint density at radius 3 is 2.72 bits per heavy atom. The van der Waals surface area contributed by atoms with Gasteiger partial charge in [-0.1, -0.05) is 18.2 Å². The normalized spacial score (nSPS) is 19.7. The Morgan fingerprint density at radius 2 is 2.06 bits per heavy atom. The minimum Gasteiger partial charge on any atom is -0.370 e. The van der Waals surface area contributed by atoms with E-state index in [0.29, 0.717) is 6.04 Å². The van der Waals surface area contributed by atoms with E-state index in [1.807, 2.05) is 0 Å². The Bertz CT molecular complexity index is 331. The van der Waals surface area contributed by atoms with Crippen molar-refractivity contribution in [3.8, 4) is 0 Å². The van der Waals surface area contributed by atoms with Crippen LogP contribution in [-0.2, 0) is 0 Å². The summed E-state index contributed by atoms with van der Waals surface area (Å²) in [4.78, 5) is 4.89. The van der Waals surface area contributed by atoms with Crippen LogP contribution in [0.15, 0.2) is 30.3 Å². The molecular formula is C14H24ClN3. The molecule has 0 radical (unpaired) electrons. The molecule has 0 spiro atoms. The molecule has 102 valence electrons. The van der Waals surface area contributed by atoms with Crippen LogP contribution in [-0.4, -0.2) is 44.2 Å². The van der Waals surface area contributed by atoms with Gasteiger partial charge in [-0.3, -0.25) is 0 Å². The molecule has 1 aliphatic heterocycles. The molecule has 1 aromatic carbocycles. The largest absolute Gasteiger partial charge is 0.370 e. The maximum absolute atomic E-state index is 5.63. The second kappa shape index (κ2) is 7.62. The van der Waals surface area contributed by atoms with Gasteiger partial charge in [0, 0.05) is 37.9 Å². The van der Waals surface area contributed by atoms with Crippen molar-refractivity contribution in [1.82, 2.24) is 4.90 Å². The first kappa shape index (κ1) is 15.3. The first-order valence-corrected chi connectivity index (χ1v) is 6.51. The van der Waals surface area contributed by atoms with Crippen LogP contribution in [0.4, 0.5) is 5.69 Å². The SMILES string of the molecule is CN(CCN)C1CCCN(c2ccccc2)C1.Cl. The highest BCUT2D eigenvalue weighted by atomic mass is 35.5. The zero-order valence-electron chi connectivity index (χ0n) is 11.1. The van der Waals surface area contributed by atoms with Crippen LogP contribution < -0.4 is 10.6 Å². The molecule has 0 aromatic heterocycles. The molecule has 1 atom stereocenters. The van der Waals surface area contributed by atoms with Crippen LogP contribution in [0.5, 0.6) is 0 Å². The number of likely N-dealkylation sites (N-methyl/N-ethyl adjacent to an activating group) is 1. The molecule has 1 heterocycles. The predicted octanol–water partition coefficient (Wildman–Crippen LogP) is 1.97. The molecule has 0 amide bonds. The van der Waals surface area contributed by atoms with E-state index in [2.05, 4.69) is 47.2 Å². The van der Waals surface area contributed by atoms with Crippen LogP contribution in [0.3, 0.4) is 0 Å². The van der Waals surface area contributed by atoms with Gasteiger partial charge in [-0.25, -0.2) is 0 Å². The van der Waals surface area contributed by atoms with Crippen LogP contribution in [0.1, 0.15) is 12.8 Å². The van der Waals surface area contributed by atoms with Crippen molar-refractivity contribution < 1.29 is 0 Å². The second-order valence-corrected chi connectivity index (χ2v) is 4.85. The summed E-state index contributed by atoms with van der Waals surface area (Å²) >= 11 is 0.